The van der Waals surface area contributed by atoms with E-state index in [1.54, 1.807) is 22.8 Å². The third kappa shape index (κ3) is 2.55. The monoisotopic (exact) mass is 323 g/mol. The van der Waals surface area contributed by atoms with Crippen LogP contribution in [0.5, 0.6) is 0 Å². The maximum Gasteiger partial charge on any atom is 0.277 e. The Labute approximate surface area is 138 Å². The summed E-state index contributed by atoms with van der Waals surface area (Å²) in [6.07, 6.45) is 5.38. The van der Waals surface area contributed by atoms with E-state index in [-0.39, 0.29) is 5.91 Å². The fourth-order valence-electron chi connectivity index (χ4n) is 2.99. The van der Waals surface area contributed by atoms with Gasteiger partial charge < -0.3 is 10.2 Å². The molecule has 3 aromatic rings. The van der Waals surface area contributed by atoms with Gasteiger partial charge >= 0.3 is 0 Å². The maximum absolute atomic E-state index is 12.5. The van der Waals surface area contributed by atoms with Crippen LogP contribution < -0.4 is 10.2 Å². The first-order valence-electron chi connectivity index (χ1n) is 7.93. The quantitative estimate of drug-likeness (QED) is 0.790. The molecule has 1 fully saturated rings. The van der Waals surface area contributed by atoms with E-state index in [1.165, 1.54) is 6.20 Å². The van der Waals surface area contributed by atoms with Gasteiger partial charge in [0.15, 0.2) is 17.2 Å². The average molecular weight is 323 g/mol. The summed E-state index contributed by atoms with van der Waals surface area (Å²) in [6, 6.07) is 7.68. The van der Waals surface area contributed by atoms with Gasteiger partial charge in [0.1, 0.15) is 5.82 Å². The van der Waals surface area contributed by atoms with Crippen molar-refractivity contribution in [2.45, 2.75) is 25.8 Å². The lowest BCUT2D eigenvalue weighted by molar-refractivity contribution is 0.102. The van der Waals surface area contributed by atoms with Crippen molar-refractivity contribution in [3.8, 4) is 0 Å². The third-order valence-electron chi connectivity index (χ3n) is 4.24. The van der Waals surface area contributed by atoms with Gasteiger partial charge in [-0.3, -0.25) is 4.79 Å². The van der Waals surface area contributed by atoms with Crippen molar-refractivity contribution >= 4 is 23.2 Å². The van der Waals surface area contributed by atoms with Crippen LogP contribution in [0.2, 0.25) is 0 Å². The summed E-state index contributed by atoms with van der Waals surface area (Å²) in [5, 5.41) is 14.9. The Bertz CT molecular complexity index is 877. The number of nitrogens with zero attached hydrogens (tertiary/aromatic N) is 6. The number of anilines is 2. The second kappa shape index (κ2) is 5.88. The molecule has 0 unspecified atom stereocenters. The lowest BCUT2D eigenvalue weighted by atomic mass is 10.2. The van der Waals surface area contributed by atoms with Crippen molar-refractivity contribution in [2.75, 3.05) is 16.8 Å². The highest BCUT2D eigenvalue weighted by Gasteiger charge is 2.23. The van der Waals surface area contributed by atoms with Crippen molar-refractivity contribution in [3.05, 3.63) is 42.4 Å². The summed E-state index contributed by atoms with van der Waals surface area (Å²) in [5.74, 6) is 0.933. The molecule has 0 spiro atoms. The van der Waals surface area contributed by atoms with E-state index in [2.05, 4.69) is 37.4 Å². The van der Waals surface area contributed by atoms with Crippen LogP contribution in [0.1, 0.15) is 30.3 Å². The van der Waals surface area contributed by atoms with E-state index in [0.717, 1.165) is 25.2 Å². The molecule has 0 radical (unpaired) electrons. The van der Waals surface area contributed by atoms with Gasteiger partial charge in [0.25, 0.3) is 5.91 Å². The van der Waals surface area contributed by atoms with Gasteiger partial charge in [-0.1, -0.05) is 0 Å². The predicted octanol–water partition coefficient (Wildman–Crippen LogP) is 1.76. The van der Waals surface area contributed by atoms with E-state index in [0.29, 0.717) is 23.2 Å². The Hall–Kier alpha value is -3.03. The fraction of sp³-hybridized carbons (Fsp3) is 0.312. The molecule has 4 heterocycles. The molecular formula is C16H17N7O. The number of aromatic nitrogens is 5. The number of imidazole rings is 1. The second-order valence-electron chi connectivity index (χ2n) is 5.85. The van der Waals surface area contributed by atoms with Crippen molar-refractivity contribution < 1.29 is 4.79 Å². The highest BCUT2D eigenvalue weighted by Crippen LogP contribution is 2.23. The SMILES string of the molecule is C[C@H]1CCCN1c1ccc2ncc(C(=O)Nc3cccnn3)n2n1. The molecule has 24 heavy (non-hydrogen) atoms. The lowest BCUT2D eigenvalue weighted by Gasteiger charge is -2.22. The Morgan fingerprint density at radius 2 is 2.25 bits per heavy atom. The summed E-state index contributed by atoms with van der Waals surface area (Å²) in [7, 11) is 0. The largest absolute Gasteiger partial charge is 0.352 e. The van der Waals surface area contributed by atoms with Crippen LogP contribution in [0.15, 0.2) is 36.7 Å². The molecule has 1 amide bonds. The zero-order valence-electron chi connectivity index (χ0n) is 13.3. The van der Waals surface area contributed by atoms with Gasteiger partial charge in [0.05, 0.1) is 6.20 Å². The number of carbonyl (C=O) groups is 1. The molecule has 1 N–H and O–H groups in total. The van der Waals surface area contributed by atoms with Crippen LogP contribution in [0, 0.1) is 0 Å². The first-order valence-corrected chi connectivity index (χ1v) is 7.93. The number of hydrogen-bond acceptors (Lipinski definition) is 6. The number of carbonyl (C=O) groups excluding carboxylic acids is 1. The first-order chi connectivity index (χ1) is 11.7. The van der Waals surface area contributed by atoms with Gasteiger partial charge in [-0.25, -0.2) is 9.50 Å². The van der Waals surface area contributed by atoms with Gasteiger partial charge in [0.2, 0.25) is 0 Å². The van der Waals surface area contributed by atoms with Crippen molar-refractivity contribution in [1.82, 2.24) is 24.8 Å². The fourth-order valence-corrected chi connectivity index (χ4v) is 2.99. The lowest BCUT2D eigenvalue weighted by Crippen LogP contribution is -2.28. The Kier molecular flexibility index (Phi) is 3.56. The van der Waals surface area contributed by atoms with E-state index in [9.17, 15) is 4.79 Å². The zero-order valence-corrected chi connectivity index (χ0v) is 13.3. The van der Waals surface area contributed by atoms with E-state index in [1.807, 2.05) is 12.1 Å². The highest BCUT2D eigenvalue weighted by molar-refractivity contribution is 6.02. The molecule has 8 nitrogen and oxygen atoms in total. The molecule has 0 saturated carbocycles. The van der Waals surface area contributed by atoms with Crippen LogP contribution in [-0.4, -0.2) is 43.3 Å². The van der Waals surface area contributed by atoms with Crippen LogP contribution in [0.25, 0.3) is 5.65 Å². The minimum Gasteiger partial charge on any atom is -0.352 e. The molecule has 0 aliphatic carbocycles. The molecule has 0 bridgehead atoms. The molecule has 8 heteroatoms. The second-order valence-corrected chi connectivity index (χ2v) is 5.85. The summed E-state index contributed by atoms with van der Waals surface area (Å²) < 4.78 is 1.58. The molecule has 1 aliphatic rings. The van der Waals surface area contributed by atoms with Gasteiger partial charge in [-0.2, -0.15) is 5.10 Å². The number of rotatable bonds is 3. The standard InChI is InChI=1S/C16H17N7O/c1-11-4-3-9-22(11)15-7-6-14-17-10-12(23(14)21-15)16(24)19-13-5-2-8-18-20-13/h2,5-8,10-11H,3-4,9H2,1H3,(H,19,20,24)/t11-/m0/s1. The number of amides is 1. The minimum atomic E-state index is -0.317. The zero-order chi connectivity index (χ0) is 16.5. The first kappa shape index (κ1) is 14.6. The Morgan fingerprint density at radius 3 is 3.00 bits per heavy atom. The van der Waals surface area contributed by atoms with E-state index >= 15 is 0 Å². The van der Waals surface area contributed by atoms with Gasteiger partial charge in [-0.05, 0) is 44.0 Å². The van der Waals surface area contributed by atoms with Crippen LogP contribution in [0.3, 0.4) is 0 Å². The molecule has 1 saturated heterocycles. The van der Waals surface area contributed by atoms with E-state index < -0.39 is 0 Å². The summed E-state index contributed by atoms with van der Waals surface area (Å²) in [6.45, 7) is 3.17. The molecule has 0 aromatic carbocycles. The van der Waals surface area contributed by atoms with E-state index in [4.69, 9.17) is 0 Å². The van der Waals surface area contributed by atoms with Crippen LogP contribution >= 0.6 is 0 Å². The molecule has 122 valence electrons. The van der Waals surface area contributed by atoms with Crippen LogP contribution in [0.4, 0.5) is 11.6 Å². The van der Waals surface area contributed by atoms with Crippen molar-refractivity contribution in [3.63, 3.8) is 0 Å². The van der Waals surface area contributed by atoms with Crippen LogP contribution in [-0.2, 0) is 0 Å². The summed E-state index contributed by atoms with van der Waals surface area (Å²) in [5.41, 5.74) is 0.999. The van der Waals surface area contributed by atoms with Crippen molar-refractivity contribution in [2.24, 2.45) is 0 Å². The smallest absolute Gasteiger partial charge is 0.277 e. The Morgan fingerprint density at radius 1 is 1.33 bits per heavy atom. The topological polar surface area (TPSA) is 88.3 Å². The minimum absolute atomic E-state index is 0.317. The molecule has 3 aromatic heterocycles. The number of nitrogens with one attached hydrogen (secondary N) is 1. The molecular weight excluding hydrogens is 306 g/mol. The predicted molar refractivity (Wildman–Crippen MR) is 89.0 cm³/mol. The van der Waals surface area contributed by atoms with Gasteiger partial charge in [0, 0.05) is 18.8 Å². The molecule has 1 aliphatic heterocycles. The highest BCUT2D eigenvalue weighted by atomic mass is 16.2. The molecule has 4 rings (SSSR count). The summed E-state index contributed by atoms with van der Waals surface area (Å²) in [4.78, 5) is 19.0. The number of hydrogen-bond donors (Lipinski definition) is 1. The summed E-state index contributed by atoms with van der Waals surface area (Å²) >= 11 is 0. The normalized spacial score (nSPS) is 17.4. The average Bonchev–Trinajstić information content (AvgIpc) is 3.21. The van der Waals surface area contributed by atoms with Crippen molar-refractivity contribution in [1.29, 1.82) is 0 Å². The molecule has 1 atom stereocenters. The third-order valence-corrected chi connectivity index (χ3v) is 4.24. The Balaban J connectivity index is 1.67. The number of fused-ring (bicyclic) bond motifs is 1. The van der Waals surface area contributed by atoms with Gasteiger partial charge in [-0.15, -0.1) is 10.2 Å². The maximum atomic E-state index is 12.5.